The lowest BCUT2D eigenvalue weighted by Crippen LogP contribution is -1.82. The molecular formula is C10H10Br2. The van der Waals surface area contributed by atoms with Gasteiger partial charge in [0.25, 0.3) is 0 Å². The van der Waals surface area contributed by atoms with Crippen LogP contribution in [-0.2, 0) is 5.33 Å². The minimum Gasteiger partial charge on any atom is -0.0883 e. The van der Waals surface area contributed by atoms with Crippen molar-refractivity contribution in [3.05, 3.63) is 41.5 Å². The molecule has 0 bridgehead atoms. The monoisotopic (exact) mass is 288 g/mol. The van der Waals surface area contributed by atoms with Crippen molar-refractivity contribution >= 4 is 37.9 Å². The van der Waals surface area contributed by atoms with E-state index in [0.29, 0.717) is 0 Å². The second-order valence-electron chi connectivity index (χ2n) is 2.39. The van der Waals surface area contributed by atoms with Gasteiger partial charge in [-0.2, -0.15) is 0 Å². The minimum atomic E-state index is 0.906. The molecule has 1 aromatic carbocycles. The molecule has 0 amide bonds. The largest absolute Gasteiger partial charge is 0.0883 e. The van der Waals surface area contributed by atoms with E-state index in [0.717, 1.165) is 10.7 Å². The average Bonchev–Trinajstić information content (AvgIpc) is 2.15. The Morgan fingerprint density at radius 3 is 2.58 bits per heavy atom. The Kier molecular flexibility index (Phi) is 4.62. The predicted molar refractivity (Wildman–Crippen MR) is 61.9 cm³/mol. The van der Waals surface area contributed by atoms with Crippen molar-refractivity contribution in [3.63, 3.8) is 0 Å². The van der Waals surface area contributed by atoms with Crippen molar-refractivity contribution in [1.82, 2.24) is 0 Å². The Bertz CT molecular complexity index is 266. The van der Waals surface area contributed by atoms with Gasteiger partial charge in [-0.25, -0.2) is 0 Å². The third-order valence-corrected chi connectivity index (χ3v) is 2.56. The molecule has 0 saturated carbocycles. The first-order valence-corrected chi connectivity index (χ1v) is 5.99. The summed E-state index contributed by atoms with van der Waals surface area (Å²) in [6.07, 6.45) is 4.23. The number of alkyl halides is 2. The maximum absolute atomic E-state index is 3.45. The standard InChI is InChI=1S/C10H10Br2/c11-7-3-6-9-4-1-2-5-10(9)8-12/h1-6H,7-8H2. The summed E-state index contributed by atoms with van der Waals surface area (Å²) in [7, 11) is 0. The van der Waals surface area contributed by atoms with Gasteiger partial charge < -0.3 is 0 Å². The Balaban J connectivity index is 2.89. The van der Waals surface area contributed by atoms with Gasteiger partial charge in [0.15, 0.2) is 0 Å². The molecule has 0 N–H and O–H groups in total. The number of hydrogen-bond donors (Lipinski definition) is 0. The molecule has 0 radical (unpaired) electrons. The van der Waals surface area contributed by atoms with Crippen LogP contribution in [0, 0.1) is 0 Å². The Morgan fingerprint density at radius 2 is 1.92 bits per heavy atom. The fourth-order valence-electron chi connectivity index (χ4n) is 0.990. The zero-order valence-corrected chi connectivity index (χ0v) is 9.81. The summed E-state index contributed by atoms with van der Waals surface area (Å²) in [6.45, 7) is 0. The highest BCUT2D eigenvalue weighted by molar-refractivity contribution is 9.09. The van der Waals surface area contributed by atoms with Crippen molar-refractivity contribution in [3.8, 4) is 0 Å². The fraction of sp³-hybridized carbons (Fsp3) is 0.200. The van der Waals surface area contributed by atoms with E-state index in [9.17, 15) is 0 Å². The maximum Gasteiger partial charge on any atom is 0.0288 e. The molecule has 64 valence electrons. The molecule has 0 fully saturated rings. The predicted octanol–water partition coefficient (Wildman–Crippen LogP) is 3.99. The van der Waals surface area contributed by atoms with Crippen LogP contribution in [0.2, 0.25) is 0 Å². The highest BCUT2D eigenvalue weighted by Gasteiger charge is 1.94. The molecule has 1 rings (SSSR count). The highest BCUT2D eigenvalue weighted by atomic mass is 79.9. The Hall–Kier alpha value is -0.0800. The van der Waals surface area contributed by atoms with E-state index in [1.165, 1.54) is 11.1 Å². The zero-order valence-electron chi connectivity index (χ0n) is 6.63. The molecule has 0 spiro atoms. The van der Waals surface area contributed by atoms with Crippen LogP contribution < -0.4 is 0 Å². The second kappa shape index (κ2) is 5.55. The van der Waals surface area contributed by atoms with E-state index in [1.54, 1.807) is 0 Å². The molecule has 2 heteroatoms. The Labute approximate surface area is 89.9 Å². The molecule has 0 unspecified atom stereocenters. The van der Waals surface area contributed by atoms with Gasteiger partial charge in [-0.05, 0) is 11.1 Å². The van der Waals surface area contributed by atoms with E-state index < -0.39 is 0 Å². The number of allylic oxidation sites excluding steroid dienone is 1. The van der Waals surface area contributed by atoms with Crippen LogP contribution in [0.15, 0.2) is 30.3 Å². The topological polar surface area (TPSA) is 0 Å². The summed E-state index contributed by atoms with van der Waals surface area (Å²) >= 11 is 6.81. The zero-order chi connectivity index (χ0) is 8.81. The molecule has 0 aliphatic carbocycles. The van der Waals surface area contributed by atoms with Crippen molar-refractivity contribution in [2.75, 3.05) is 5.33 Å². The van der Waals surface area contributed by atoms with Gasteiger partial charge >= 0.3 is 0 Å². The van der Waals surface area contributed by atoms with E-state index >= 15 is 0 Å². The first kappa shape index (κ1) is 10.0. The van der Waals surface area contributed by atoms with Crippen LogP contribution >= 0.6 is 31.9 Å². The average molecular weight is 290 g/mol. The fourth-order valence-corrected chi connectivity index (χ4v) is 1.69. The third-order valence-electron chi connectivity index (χ3n) is 1.59. The van der Waals surface area contributed by atoms with E-state index in [4.69, 9.17) is 0 Å². The molecule has 1 aromatic rings. The van der Waals surface area contributed by atoms with Crippen LogP contribution in [0.3, 0.4) is 0 Å². The molecule has 0 saturated heterocycles. The lowest BCUT2D eigenvalue weighted by atomic mass is 10.1. The molecule has 0 nitrogen and oxygen atoms in total. The first-order chi connectivity index (χ1) is 5.88. The lowest BCUT2D eigenvalue weighted by molar-refractivity contribution is 1.41. The van der Waals surface area contributed by atoms with E-state index in [2.05, 4.69) is 68.3 Å². The highest BCUT2D eigenvalue weighted by Crippen LogP contribution is 2.13. The van der Waals surface area contributed by atoms with Gasteiger partial charge in [-0.3, -0.25) is 0 Å². The van der Waals surface area contributed by atoms with Crippen LogP contribution in [0.25, 0.3) is 6.08 Å². The number of benzene rings is 1. The molecule has 0 atom stereocenters. The van der Waals surface area contributed by atoms with E-state index in [1.807, 2.05) is 0 Å². The maximum atomic E-state index is 3.45. The van der Waals surface area contributed by atoms with Gasteiger partial charge in [0, 0.05) is 10.7 Å². The number of hydrogen-bond acceptors (Lipinski definition) is 0. The quantitative estimate of drug-likeness (QED) is 0.738. The second-order valence-corrected chi connectivity index (χ2v) is 3.60. The normalized spacial score (nSPS) is 10.8. The summed E-state index contributed by atoms with van der Waals surface area (Å²) in [4.78, 5) is 0. The van der Waals surface area contributed by atoms with Gasteiger partial charge in [0.1, 0.15) is 0 Å². The van der Waals surface area contributed by atoms with Gasteiger partial charge in [-0.1, -0.05) is 68.3 Å². The summed E-state index contributed by atoms with van der Waals surface area (Å²) in [5, 5.41) is 1.82. The molecule has 0 aliphatic rings. The smallest absolute Gasteiger partial charge is 0.0288 e. The molecule has 0 aromatic heterocycles. The SMILES string of the molecule is BrCC=Cc1ccccc1CBr. The first-order valence-electron chi connectivity index (χ1n) is 3.75. The molecule has 12 heavy (non-hydrogen) atoms. The van der Waals surface area contributed by atoms with Crippen molar-refractivity contribution in [2.45, 2.75) is 5.33 Å². The Morgan fingerprint density at radius 1 is 1.17 bits per heavy atom. The number of halogens is 2. The number of rotatable bonds is 3. The van der Waals surface area contributed by atoms with Crippen LogP contribution in [0.5, 0.6) is 0 Å². The van der Waals surface area contributed by atoms with Crippen molar-refractivity contribution in [2.24, 2.45) is 0 Å². The summed E-state index contributed by atoms with van der Waals surface area (Å²) in [6, 6.07) is 8.36. The van der Waals surface area contributed by atoms with Gasteiger partial charge in [-0.15, -0.1) is 0 Å². The van der Waals surface area contributed by atoms with Crippen LogP contribution in [0.4, 0.5) is 0 Å². The molecular weight excluding hydrogens is 280 g/mol. The summed E-state index contributed by atoms with van der Waals surface area (Å²) in [5.74, 6) is 0. The van der Waals surface area contributed by atoms with Crippen LogP contribution in [0.1, 0.15) is 11.1 Å². The summed E-state index contributed by atoms with van der Waals surface area (Å²) in [5.41, 5.74) is 2.61. The van der Waals surface area contributed by atoms with Crippen molar-refractivity contribution in [1.29, 1.82) is 0 Å². The van der Waals surface area contributed by atoms with Gasteiger partial charge in [0.05, 0.1) is 0 Å². The molecule has 0 aliphatic heterocycles. The molecule has 0 heterocycles. The summed E-state index contributed by atoms with van der Waals surface area (Å²) < 4.78 is 0. The lowest BCUT2D eigenvalue weighted by Gasteiger charge is -2.00. The minimum absolute atomic E-state index is 0.906. The van der Waals surface area contributed by atoms with E-state index in [-0.39, 0.29) is 0 Å². The van der Waals surface area contributed by atoms with Crippen LogP contribution in [-0.4, -0.2) is 5.33 Å². The van der Waals surface area contributed by atoms with Crippen molar-refractivity contribution < 1.29 is 0 Å². The third kappa shape index (κ3) is 2.76. The van der Waals surface area contributed by atoms with Gasteiger partial charge in [0.2, 0.25) is 0 Å².